The Bertz CT molecular complexity index is 1020. The van der Waals surface area contributed by atoms with Crippen molar-refractivity contribution in [3.8, 4) is 17.0 Å². The van der Waals surface area contributed by atoms with Crippen molar-refractivity contribution in [3.63, 3.8) is 0 Å². The third-order valence-electron chi connectivity index (χ3n) is 3.92. The van der Waals surface area contributed by atoms with E-state index in [4.69, 9.17) is 14.5 Å². The van der Waals surface area contributed by atoms with Crippen LogP contribution in [0.4, 0.5) is 0 Å². The van der Waals surface area contributed by atoms with E-state index in [9.17, 15) is 0 Å². The molecule has 0 aliphatic rings. The van der Waals surface area contributed by atoms with Gasteiger partial charge >= 0.3 is 0 Å². The summed E-state index contributed by atoms with van der Waals surface area (Å²) in [5.74, 6) is 0.738. The first kappa shape index (κ1) is 14.7. The average molecular weight is 319 g/mol. The molecule has 0 amide bonds. The lowest BCUT2D eigenvalue weighted by atomic mass is 10.1. The Morgan fingerprint density at radius 1 is 1.08 bits per heavy atom. The molecule has 1 aromatic carbocycles. The summed E-state index contributed by atoms with van der Waals surface area (Å²) in [6.45, 7) is 2.22. The molecule has 0 unspecified atom stereocenters. The highest BCUT2D eigenvalue weighted by Gasteiger charge is 2.12. The minimum absolute atomic E-state index is 0.188. The maximum Gasteiger partial charge on any atom is 0.188 e. The highest BCUT2D eigenvalue weighted by atomic mass is 16.7. The van der Waals surface area contributed by atoms with Crippen molar-refractivity contribution >= 4 is 21.9 Å². The summed E-state index contributed by atoms with van der Waals surface area (Å²) in [5.41, 5.74) is 5.66. The Kier molecular flexibility index (Phi) is 3.63. The lowest BCUT2D eigenvalue weighted by Gasteiger charge is -2.11. The van der Waals surface area contributed by atoms with Crippen molar-refractivity contribution in [1.29, 1.82) is 0 Å². The van der Waals surface area contributed by atoms with E-state index in [1.165, 1.54) is 0 Å². The summed E-state index contributed by atoms with van der Waals surface area (Å²) in [7, 11) is 1.61. The van der Waals surface area contributed by atoms with Crippen LogP contribution in [0.5, 0.6) is 5.75 Å². The van der Waals surface area contributed by atoms with E-state index in [0.717, 1.165) is 44.6 Å². The molecule has 5 heteroatoms. The largest absolute Gasteiger partial charge is 0.467 e. The predicted octanol–water partition coefficient (Wildman–Crippen LogP) is 4.07. The number of H-pyrrole nitrogens is 1. The second-order valence-electron chi connectivity index (χ2n) is 5.68. The number of nitrogens with one attached hydrogen (secondary N) is 1. The second kappa shape index (κ2) is 5.94. The maximum atomic E-state index is 5.77. The molecule has 0 saturated heterocycles. The number of hydrogen-bond acceptors (Lipinski definition) is 4. The van der Waals surface area contributed by atoms with E-state index in [2.05, 4.69) is 22.1 Å². The Labute approximate surface area is 139 Å². The van der Waals surface area contributed by atoms with Crippen LogP contribution in [-0.2, 0) is 4.74 Å². The molecule has 4 aromatic rings. The van der Waals surface area contributed by atoms with Crippen LogP contribution in [0.2, 0.25) is 0 Å². The smallest absolute Gasteiger partial charge is 0.188 e. The predicted molar refractivity (Wildman–Crippen MR) is 94.1 cm³/mol. The molecule has 1 N–H and O–H groups in total. The molecule has 4 rings (SSSR count). The van der Waals surface area contributed by atoms with Gasteiger partial charge in [0, 0.05) is 41.5 Å². The van der Waals surface area contributed by atoms with Gasteiger partial charge in [-0.3, -0.25) is 4.98 Å². The summed E-state index contributed by atoms with van der Waals surface area (Å²) in [4.78, 5) is 12.4. The van der Waals surface area contributed by atoms with E-state index in [1.807, 2.05) is 37.3 Å². The van der Waals surface area contributed by atoms with E-state index in [-0.39, 0.29) is 6.79 Å². The molecule has 0 fully saturated rings. The van der Waals surface area contributed by atoms with Crippen LogP contribution in [0.25, 0.3) is 33.2 Å². The zero-order valence-electron chi connectivity index (χ0n) is 13.5. The maximum absolute atomic E-state index is 5.77. The van der Waals surface area contributed by atoms with Crippen LogP contribution < -0.4 is 4.74 Å². The molecule has 120 valence electrons. The molecule has 0 bridgehead atoms. The highest BCUT2D eigenvalue weighted by Crippen LogP contribution is 2.34. The number of benzene rings is 1. The fraction of sp³-hybridized carbons (Fsp3) is 0.158. The zero-order valence-corrected chi connectivity index (χ0v) is 13.5. The van der Waals surface area contributed by atoms with Crippen molar-refractivity contribution in [1.82, 2.24) is 15.0 Å². The van der Waals surface area contributed by atoms with Crippen molar-refractivity contribution < 1.29 is 9.47 Å². The summed E-state index contributed by atoms with van der Waals surface area (Å²) in [6.07, 6.45) is 1.77. The van der Waals surface area contributed by atoms with E-state index in [1.54, 1.807) is 13.3 Å². The third kappa shape index (κ3) is 2.59. The van der Waals surface area contributed by atoms with Gasteiger partial charge in [-0.2, -0.15) is 0 Å². The number of aryl methyl sites for hydroxylation is 1. The third-order valence-corrected chi connectivity index (χ3v) is 3.92. The van der Waals surface area contributed by atoms with Crippen LogP contribution in [0.3, 0.4) is 0 Å². The van der Waals surface area contributed by atoms with Crippen molar-refractivity contribution in [3.05, 3.63) is 54.4 Å². The molecule has 0 spiro atoms. The first-order valence-corrected chi connectivity index (χ1v) is 7.72. The fourth-order valence-electron chi connectivity index (χ4n) is 2.85. The Morgan fingerprint density at radius 3 is 2.88 bits per heavy atom. The topological polar surface area (TPSA) is 60.0 Å². The van der Waals surface area contributed by atoms with Crippen LogP contribution >= 0.6 is 0 Å². The molecule has 0 aliphatic heterocycles. The number of aromatic nitrogens is 3. The number of hydrogen-bond donors (Lipinski definition) is 1. The monoisotopic (exact) mass is 319 g/mol. The number of rotatable bonds is 4. The molecular weight excluding hydrogens is 302 g/mol. The van der Waals surface area contributed by atoms with Crippen LogP contribution in [-0.4, -0.2) is 28.9 Å². The average Bonchev–Trinajstić information content (AvgIpc) is 2.97. The van der Waals surface area contributed by atoms with E-state index < -0.39 is 0 Å². The Morgan fingerprint density at radius 2 is 2.00 bits per heavy atom. The quantitative estimate of drug-likeness (QED) is 0.576. The first-order chi connectivity index (χ1) is 11.7. The van der Waals surface area contributed by atoms with Gasteiger partial charge in [-0.1, -0.05) is 0 Å². The number of methoxy groups -OCH3 is 1. The molecule has 0 atom stereocenters. The van der Waals surface area contributed by atoms with Crippen molar-refractivity contribution in [2.45, 2.75) is 6.92 Å². The summed E-state index contributed by atoms with van der Waals surface area (Å²) < 4.78 is 10.8. The molecular formula is C19H17N3O2. The molecule has 0 radical (unpaired) electrons. The summed E-state index contributed by atoms with van der Waals surface area (Å²) in [5, 5.41) is 1.13. The van der Waals surface area contributed by atoms with Gasteiger partial charge in [0.2, 0.25) is 0 Å². The summed E-state index contributed by atoms with van der Waals surface area (Å²) in [6, 6.07) is 14.0. The molecule has 24 heavy (non-hydrogen) atoms. The van der Waals surface area contributed by atoms with Gasteiger partial charge in [-0.05, 0) is 43.3 Å². The molecule has 3 heterocycles. The Hall–Kier alpha value is -2.92. The zero-order chi connectivity index (χ0) is 16.5. The van der Waals surface area contributed by atoms with Crippen LogP contribution in [0.1, 0.15) is 5.69 Å². The Balaban J connectivity index is 1.90. The van der Waals surface area contributed by atoms with Gasteiger partial charge in [0.25, 0.3) is 0 Å². The van der Waals surface area contributed by atoms with E-state index >= 15 is 0 Å². The number of fused-ring (bicyclic) bond motifs is 2. The fourth-order valence-corrected chi connectivity index (χ4v) is 2.85. The molecule has 0 aliphatic carbocycles. The van der Waals surface area contributed by atoms with E-state index in [0.29, 0.717) is 0 Å². The van der Waals surface area contributed by atoms with Crippen LogP contribution in [0, 0.1) is 6.92 Å². The lowest BCUT2D eigenvalue weighted by Crippen LogP contribution is -2.01. The molecule has 0 saturated carbocycles. The van der Waals surface area contributed by atoms with Crippen molar-refractivity contribution in [2.24, 2.45) is 0 Å². The minimum atomic E-state index is 0.188. The number of nitrogens with zero attached hydrogens (tertiary/aromatic N) is 2. The van der Waals surface area contributed by atoms with Gasteiger partial charge in [0.05, 0.1) is 16.7 Å². The standard InChI is InChI=1S/C19H17N3O2/c1-12-8-13-9-14(19(24-11-23-2)10-18(13)21-12)15-5-6-16-17(22-15)4-3-7-20-16/h3-10,21H,11H2,1-2H3. The molecule has 3 aromatic heterocycles. The normalized spacial score (nSPS) is 11.2. The number of aromatic amines is 1. The van der Waals surface area contributed by atoms with Gasteiger partial charge in [0.1, 0.15) is 5.75 Å². The van der Waals surface area contributed by atoms with Gasteiger partial charge < -0.3 is 14.5 Å². The number of ether oxygens (including phenoxy) is 2. The van der Waals surface area contributed by atoms with Gasteiger partial charge in [0.15, 0.2) is 6.79 Å². The van der Waals surface area contributed by atoms with Gasteiger partial charge in [-0.25, -0.2) is 4.98 Å². The second-order valence-corrected chi connectivity index (χ2v) is 5.68. The van der Waals surface area contributed by atoms with Crippen LogP contribution in [0.15, 0.2) is 48.7 Å². The first-order valence-electron chi connectivity index (χ1n) is 7.72. The minimum Gasteiger partial charge on any atom is -0.467 e. The SMILES string of the molecule is COCOc1cc2[nH]c(C)cc2cc1-c1ccc2ncccc2n1. The van der Waals surface area contributed by atoms with Gasteiger partial charge in [-0.15, -0.1) is 0 Å². The lowest BCUT2D eigenvalue weighted by molar-refractivity contribution is 0.0516. The summed E-state index contributed by atoms with van der Waals surface area (Å²) >= 11 is 0. The highest BCUT2D eigenvalue weighted by molar-refractivity contribution is 5.89. The van der Waals surface area contributed by atoms with Crippen molar-refractivity contribution in [2.75, 3.05) is 13.9 Å². The number of pyridine rings is 2. The molecule has 5 nitrogen and oxygen atoms in total.